The van der Waals surface area contributed by atoms with Gasteiger partial charge in [0.1, 0.15) is 5.82 Å². The normalized spacial score (nSPS) is 20.3. The number of fused-ring (bicyclic) bond motifs is 3. The smallest absolute Gasteiger partial charge is 0.125 e. The Bertz CT molecular complexity index is 501. The van der Waals surface area contributed by atoms with Crippen LogP contribution in [0.1, 0.15) is 18.2 Å². The topological polar surface area (TPSA) is 30.9 Å². The summed E-state index contributed by atoms with van der Waals surface area (Å²) in [5.41, 5.74) is 8.03. The molecule has 14 heavy (non-hydrogen) atoms. The van der Waals surface area contributed by atoms with Crippen molar-refractivity contribution in [2.75, 3.05) is 0 Å². The lowest BCUT2D eigenvalue weighted by atomic mass is 10.2. The van der Waals surface area contributed by atoms with Gasteiger partial charge in [-0.15, -0.1) is 0 Å². The highest BCUT2D eigenvalue weighted by atomic mass is 19.1. The fourth-order valence-electron chi connectivity index (χ4n) is 2.22. The van der Waals surface area contributed by atoms with E-state index in [9.17, 15) is 4.39 Å². The van der Waals surface area contributed by atoms with Crippen molar-refractivity contribution in [1.29, 1.82) is 0 Å². The highest BCUT2D eigenvalue weighted by Crippen LogP contribution is 2.31. The molecule has 72 valence electrons. The zero-order chi connectivity index (χ0) is 9.71. The van der Waals surface area contributed by atoms with Crippen molar-refractivity contribution in [3.8, 4) is 0 Å². The van der Waals surface area contributed by atoms with Crippen LogP contribution in [-0.4, -0.2) is 4.57 Å². The van der Waals surface area contributed by atoms with Crippen LogP contribution in [0.15, 0.2) is 24.3 Å². The van der Waals surface area contributed by atoms with Gasteiger partial charge < -0.3 is 10.3 Å². The average Bonchev–Trinajstić information content (AvgIpc) is 2.67. The van der Waals surface area contributed by atoms with E-state index in [2.05, 4.69) is 10.6 Å². The molecule has 1 aliphatic heterocycles. The van der Waals surface area contributed by atoms with Crippen molar-refractivity contribution in [3.05, 3.63) is 35.8 Å². The fraction of sp³-hybridized carbons (Fsp3) is 0.273. The maximum Gasteiger partial charge on any atom is 0.125 e. The van der Waals surface area contributed by atoms with Gasteiger partial charge in [0.25, 0.3) is 0 Å². The largest absolute Gasteiger partial charge is 0.343 e. The Kier molecular flexibility index (Phi) is 1.47. The van der Waals surface area contributed by atoms with Crippen molar-refractivity contribution in [3.63, 3.8) is 0 Å². The van der Waals surface area contributed by atoms with Crippen LogP contribution in [0.5, 0.6) is 0 Å². The van der Waals surface area contributed by atoms with Crippen LogP contribution < -0.4 is 5.73 Å². The first-order chi connectivity index (χ1) is 6.75. The van der Waals surface area contributed by atoms with Crippen LogP contribution >= 0.6 is 0 Å². The Morgan fingerprint density at radius 1 is 1.36 bits per heavy atom. The highest BCUT2D eigenvalue weighted by Gasteiger charge is 2.21. The molecule has 0 spiro atoms. The van der Waals surface area contributed by atoms with E-state index in [0.717, 1.165) is 29.6 Å². The molecule has 1 unspecified atom stereocenters. The van der Waals surface area contributed by atoms with Crippen molar-refractivity contribution >= 4 is 10.9 Å². The van der Waals surface area contributed by atoms with Gasteiger partial charge in [-0.2, -0.15) is 0 Å². The van der Waals surface area contributed by atoms with Gasteiger partial charge in [0.15, 0.2) is 0 Å². The highest BCUT2D eigenvalue weighted by molar-refractivity contribution is 5.81. The minimum absolute atomic E-state index is 0.116. The Hall–Kier alpha value is -1.35. The summed E-state index contributed by atoms with van der Waals surface area (Å²) in [7, 11) is 0. The molecule has 1 aromatic carbocycles. The molecule has 1 aliphatic rings. The summed E-state index contributed by atoms with van der Waals surface area (Å²) in [6.07, 6.45) is 0.960. The summed E-state index contributed by atoms with van der Waals surface area (Å²) >= 11 is 0. The van der Waals surface area contributed by atoms with Crippen LogP contribution in [0, 0.1) is 5.82 Å². The molecule has 0 fully saturated rings. The summed E-state index contributed by atoms with van der Waals surface area (Å²) < 4.78 is 15.1. The molecule has 2 nitrogen and oxygen atoms in total. The minimum Gasteiger partial charge on any atom is -0.343 e. The van der Waals surface area contributed by atoms with E-state index in [1.807, 2.05) is 6.07 Å². The zero-order valence-corrected chi connectivity index (χ0v) is 7.70. The lowest BCUT2D eigenvalue weighted by Gasteiger charge is -1.99. The number of nitrogens with two attached hydrogens (primary N) is 1. The predicted octanol–water partition coefficient (Wildman–Crippen LogP) is 2.18. The van der Waals surface area contributed by atoms with E-state index in [1.54, 1.807) is 6.07 Å². The second kappa shape index (κ2) is 2.58. The quantitative estimate of drug-likeness (QED) is 0.678. The van der Waals surface area contributed by atoms with E-state index in [-0.39, 0.29) is 11.9 Å². The SMILES string of the molecule is NC1CCn2c1cc1ccc(F)cc12. The summed E-state index contributed by atoms with van der Waals surface area (Å²) in [6, 6.07) is 7.06. The molecule has 0 saturated carbocycles. The van der Waals surface area contributed by atoms with Gasteiger partial charge in [-0.25, -0.2) is 4.39 Å². The molecule has 2 N–H and O–H groups in total. The molecule has 0 aliphatic carbocycles. The van der Waals surface area contributed by atoms with Crippen LogP contribution in [0.4, 0.5) is 4.39 Å². The lowest BCUT2D eigenvalue weighted by molar-refractivity contribution is 0.628. The Morgan fingerprint density at radius 2 is 2.21 bits per heavy atom. The van der Waals surface area contributed by atoms with Gasteiger partial charge in [0, 0.05) is 23.7 Å². The van der Waals surface area contributed by atoms with Crippen LogP contribution in [0.25, 0.3) is 10.9 Å². The average molecular weight is 190 g/mol. The third kappa shape index (κ3) is 0.930. The number of hydrogen-bond acceptors (Lipinski definition) is 1. The summed E-state index contributed by atoms with van der Waals surface area (Å²) in [6.45, 7) is 0.906. The number of hydrogen-bond donors (Lipinski definition) is 1. The summed E-state index contributed by atoms with van der Waals surface area (Å²) in [4.78, 5) is 0. The third-order valence-corrected chi connectivity index (χ3v) is 2.94. The molecule has 2 aromatic rings. The van der Waals surface area contributed by atoms with Gasteiger partial charge in [0.05, 0.1) is 5.52 Å². The Labute approximate surface area is 81.1 Å². The van der Waals surface area contributed by atoms with Gasteiger partial charge >= 0.3 is 0 Å². The first-order valence-electron chi connectivity index (χ1n) is 4.80. The van der Waals surface area contributed by atoms with E-state index < -0.39 is 0 Å². The zero-order valence-electron chi connectivity index (χ0n) is 7.70. The van der Waals surface area contributed by atoms with Crippen LogP contribution in [0.2, 0.25) is 0 Å². The molecular weight excluding hydrogens is 179 g/mol. The van der Waals surface area contributed by atoms with Crippen molar-refractivity contribution in [2.24, 2.45) is 5.73 Å². The number of halogens is 1. The first kappa shape index (κ1) is 8.00. The Morgan fingerprint density at radius 3 is 3.07 bits per heavy atom. The molecule has 2 heterocycles. The van der Waals surface area contributed by atoms with Crippen molar-refractivity contribution in [2.45, 2.75) is 19.0 Å². The first-order valence-corrected chi connectivity index (χ1v) is 4.80. The maximum absolute atomic E-state index is 13.0. The molecule has 3 heteroatoms. The molecular formula is C11H11FN2. The van der Waals surface area contributed by atoms with Crippen LogP contribution in [-0.2, 0) is 6.54 Å². The molecule has 1 aromatic heterocycles. The number of aromatic nitrogens is 1. The van der Waals surface area contributed by atoms with E-state index in [1.165, 1.54) is 6.07 Å². The molecule has 1 atom stereocenters. The molecule has 0 radical (unpaired) electrons. The van der Waals surface area contributed by atoms with Crippen molar-refractivity contribution in [1.82, 2.24) is 4.57 Å². The monoisotopic (exact) mass is 190 g/mol. The number of rotatable bonds is 0. The summed E-state index contributed by atoms with van der Waals surface area (Å²) in [5.74, 6) is -0.182. The van der Waals surface area contributed by atoms with Crippen molar-refractivity contribution < 1.29 is 4.39 Å². The fourth-order valence-corrected chi connectivity index (χ4v) is 2.22. The van der Waals surface area contributed by atoms with E-state index in [0.29, 0.717) is 0 Å². The standard InChI is InChI=1S/C11H11FN2/c12-8-2-1-7-5-11-9(13)3-4-14(11)10(7)6-8/h1-2,5-6,9H,3-4,13H2. The van der Waals surface area contributed by atoms with E-state index >= 15 is 0 Å². The molecule has 3 rings (SSSR count). The number of aryl methyl sites for hydroxylation is 1. The predicted molar refractivity (Wildman–Crippen MR) is 53.4 cm³/mol. The van der Waals surface area contributed by atoms with Gasteiger partial charge in [0.2, 0.25) is 0 Å². The second-order valence-electron chi connectivity index (χ2n) is 3.82. The minimum atomic E-state index is -0.182. The Balaban J connectivity index is 2.36. The molecule has 0 amide bonds. The maximum atomic E-state index is 13.0. The van der Waals surface area contributed by atoms with Gasteiger partial charge in [-0.1, -0.05) is 0 Å². The molecule has 0 saturated heterocycles. The third-order valence-electron chi connectivity index (χ3n) is 2.94. The van der Waals surface area contributed by atoms with E-state index in [4.69, 9.17) is 5.73 Å². The van der Waals surface area contributed by atoms with Gasteiger partial charge in [-0.3, -0.25) is 0 Å². The molecule has 0 bridgehead atoms. The number of benzene rings is 1. The number of nitrogens with zero attached hydrogens (tertiary/aromatic N) is 1. The summed E-state index contributed by atoms with van der Waals surface area (Å²) in [5, 5.41) is 1.08. The second-order valence-corrected chi connectivity index (χ2v) is 3.82. The van der Waals surface area contributed by atoms with Crippen LogP contribution in [0.3, 0.4) is 0 Å². The lowest BCUT2D eigenvalue weighted by Crippen LogP contribution is -2.04. The van der Waals surface area contributed by atoms with Gasteiger partial charge in [-0.05, 0) is 30.7 Å².